The predicted molar refractivity (Wildman–Crippen MR) is 110 cm³/mol. The monoisotopic (exact) mass is 424 g/mol. The van der Waals surface area contributed by atoms with Crippen LogP contribution in [0.25, 0.3) is 11.3 Å². The quantitative estimate of drug-likeness (QED) is 0.498. The first-order valence-electron chi connectivity index (χ1n) is 8.66. The molecule has 1 atom stereocenters. The van der Waals surface area contributed by atoms with Crippen LogP contribution in [0.5, 0.6) is 0 Å². The predicted octanol–water partition coefficient (Wildman–Crippen LogP) is 4.31. The molecule has 3 aromatic carbocycles. The Kier molecular flexibility index (Phi) is 5.28. The second kappa shape index (κ2) is 8.02. The lowest BCUT2D eigenvalue weighted by Crippen LogP contribution is -2.14. The number of sulfonamides is 1. The second-order valence-corrected chi connectivity index (χ2v) is 9.12. The van der Waals surface area contributed by atoms with E-state index in [1.54, 1.807) is 72.8 Å². The average molecular weight is 425 g/mol. The van der Waals surface area contributed by atoms with Crippen LogP contribution in [0.1, 0.15) is 0 Å². The molecule has 29 heavy (non-hydrogen) atoms. The molecule has 6 nitrogen and oxygen atoms in total. The van der Waals surface area contributed by atoms with Gasteiger partial charge in [0.15, 0.2) is 0 Å². The molecule has 0 radical (unpaired) electrons. The van der Waals surface area contributed by atoms with Crippen molar-refractivity contribution in [2.45, 2.75) is 14.9 Å². The third-order valence-corrected chi connectivity index (χ3v) is 6.80. The molecular weight excluding hydrogens is 408 g/mol. The van der Waals surface area contributed by atoms with Gasteiger partial charge in [-0.1, -0.05) is 71.9 Å². The molecule has 0 saturated heterocycles. The molecule has 146 valence electrons. The lowest BCUT2D eigenvalue weighted by atomic mass is 10.1. The topological polar surface area (TPSA) is 89.3 Å². The number of aromatic nitrogens is 1. The molecule has 8 heteroatoms. The van der Waals surface area contributed by atoms with Crippen LogP contribution in [-0.4, -0.2) is 17.8 Å². The van der Waals surface area contributed by atoms with Crippen LogP contribution in [0.4, 0.5) is 5.69 Å². The van der Waals surface area contributed by atoms with Crippen LogP contribution in [-0.2, 0) is 20.8 Å². The first kappa shape index (κ1) is 19.1. The normalized spacial score (nSPS) is 12.4. The molecule has 0 aliphatic carbocycles. The van der Waals surface area contributed by atoms with Gasteiger partial charge in [0, 0.05) is 10.5 Å². The van der Waals surface area contributed by atoms with E-state index in [4.69, 9.17) is 4.52 Å². The Morgan fingerprint density at radius 2 is 1.34 bits per heavy atom. The van der Waals surface area contributed by atoms with Crippen LogP contribution >= 0.6 is 0 Å². The average Bonchev–Trinajstić information content (AvgIpc) is 3.18. The summed E-state index contributed by atoms with van der Waals surface area (Å²) in [5.74, 6) is 0. The van der Waals surface area contributed by atoms with E-state index < -0.39 is 20.8 Å². The molecule has 0 aliphatic rings. The lowest BCUT2D eigenvalue weighted by Gasteiger charge is -2.09. The maximum Gasteiger partial charge on any atom is 0.262 e. The Bertz CT molecular complexity index is 1240. The van der Waals surface area contributed by atoms with Crippen molar-refractivity contribution in [2.75, 3.05) is 4.72 Å². The summed E-state index contributed by atoms with van der Waals surface area (Å²) >= 11 is 0. The summed E-state index contributed by atoms with van der Waals surface area (Å²) in [6.45, 7) is 0. The number of nitrogens with one attached hydrogen (secondary N) is 1. The highest BCUT2D eigenvalue weighted by atomic mass is 32.2. The van der Waals surface area contributed by atoms with E-state index in [2.05, 4.69) is 9.88 Å². The molecular formula is C21H16N2O4S2. The van der Waals surface area contributed by atoms with Gasteiger partial charge in [-0.25, -0.2) is 12.6 Å². The summed E-state index contributed by atoms with van der Waals surface area (Å²) < 4.78 is 46.8. The van der Waals surface area contributed by atoms with Gasteiger partial charge in [-0.2, -0.15) is 0 Å². The summed E-state index contributed by atoms with van der Waals surface area (Å²) in [7, 11) is -5.69. The summed E-state index contributed by atoms with van der Waals surface area (Å²) in [6.07, 6.45) is 0. The van der Waals surface area contributed by atoms with Crippen LogP contribution in [0, 0.1) is 0 Å². The molecule has 0 bridgehead atoms. The van der Waals surface area contributed by atoms with E-state index in [9.17, 15) is 12.6 Å². The van der Waals surface area contributed by atoms with Crippen LogP contribution in [0.3, 0.4) is 0 Å². The second-order valence-electron chi connectivity index (χ2n) is 6.06. The zero-order valence-corrected chi connectivity index (χ0v) is 16.7. The van der Waals surface area contributed by atoms with Crippen LogP contribution < -0.4 is 4.72 Å². The lowest BCUT2D eigenvalue weighted by molar-refractivity contribution is 0.348. The number of benzene rings is 3. The van der Waals surface area contributed by atoms with Crippen LogP contribution in [0.2, 0.25) is 0 Å². The highest BCUT2D eigenvalue weighted by Crippen LogP contribution is 2.35. The van der Waals surface area contributed by atoms with Gasteiger partial charge in [0.25, 0.3) is 15.1 Å². The third kappa shape index (κ3) is 3.98. The van der Waals surface area contributed by atoms with Gasteiger partial charge in [-0.3, -0.25) is 4.72 Å². The van der Waals surface area contributed by atoms with Gasteiger partial charge in [0.05, 0.1) is 4.90 Å². The molecule has 0 saturated carbocycles. The van der Waals surface area contributed by atoms with Crippen molar-refractivity contribution in [1.29, 1.82) is 0 Å². The maximum absolute atomic E-state index is 13.1. The molecule has 1 aromatic heterocycles. The fourth-order valence-corrected chi connectivity index (χ4v) is 4.94. The third-order valence-electron chi connectivity index (χ3n) is 4.12. The standard InChI is InChI=1S/C21H16N2O4S2/c24-28(17-12-6-2-7-13-17)21-20(19(22-27-21)16-10-4-1-5-11-16)23-29(25,26)18-14-8-3-9-15-18/h1-15,23H. The zero-order chi connectivity index (χ0) is 20.3. The van der Waals surface area contributed by atoms with Crippen molar-refractivity contribution >= 4 is 26.5 Å². The van der Waals surface area contributed by atoms with Crippen molar-refractivity contribution in [2.24, 2.45) is 0 Å². The first-order chi connectivity index (χ1) is 14.1. The summed E-state index contributed by atoms with van der Waals surface area (Å²) in [4.78, 5) is 0.556. The Labute approximate surface area is 170 Å². The van der Waals surface area contributed by atoms with E-state index in [1.807, 2.05) is 6.07 Å². The Hall–Kier alpha value is -3.23. The molecule has 0 fully saturated rings. The van der Waals surface area contributed by atoms with E-state index in [0.29, 0.717) is 10.5 Å². The Morgan fingerprint density at radius 3 is 1.97 bits per heavy atom. The molecule has 1 unspecified atom stereocenters. The minimum absolute atomic E-state index is 0.0576. The smallest absolute Gasteiger partial charge is 0.262 e. The molecule has 1 heterocycles. The molecule has 0 amide bonds. The van der Waals surface area contributed by atoms with Gasteiger partial charge >= 0.3 is 0 Å². The highest BCUT2D eigenvalue weighted by Gasteiger charge is 2.27. The zero-order valence-electron chi connectivity index (χ0n) is 15.1. The number of hydrogen-bond donors (Lipinski definition) is 1. The summed E-state index contributed by atoms with van der Waals surface area (Å²) in [6, 6.07) is 25.6. The summed E-state index contributed by atoms with van der Waals surface area (Å²) in [5.41, 5.74) is 0.963. The molecule has 0 aliphatic heterocycles. The number of anilines is 1. The van der Waals surface area contributed by atoms with Crippen molar-refractivity contribution in [3.8, 4) is 11.3 Å². The Balaban J connectivity index is 1.84. The van der Waals surface area contributed by atoms with Crippen molar-refractivity contribution < 1.29 is 17.1 Å². The fourth-order valence-electron chi connectivity index (χ4n) is 2.73. The SMILES string of the molecule is O=S(c1ccccc1)c1onc(-c2ccccc2)c1NS(=O)(=O)c1ccccc1. The van der Waals surface area contributed by atoms with Gasteiger partial charge in [0.2, 0.25) is 0 Å². The van der Waals surface area contributed by atoms with E-state index in [0.717, 1.165) is 0 Å². The van der Waals surface area contributed by atoms with Crippen molar-refractivity contribution in [1.82, 2.24) is 5.16 Å². The molecule has 0 spiro atoms. The van der Waals surface area contributed by atoms with Gasteiger partial charge in [-0.15, -0.1) is 0 Å². The Morgan fingerprint density at radius 1 is 0.793 bits per heavy atom. The minimum Gasteiger partial charge on any atom is -0.344 e. The van der Waals surface area contributed by atoms with Gasteiger partial charge in [-0.05, 0) is 24.3 Å². The first-order valence-corrected chi connectivity index (χ1v) is 11.3. The molecule has 4 aromatic rings. The van der Waals surface area contributed by atoms with E-state index >= 15 is 0 Å². The van der Waals surface area contributed by atoms with E-state index in [-0.39, 0.29) is 21.4 Å². The van der Waals surface area contributed by atoms with Crippen LogP contribution in [0.15, 0.2) is 110 Å². The summed E-state index contributed by atoms with van der Waals surface area (Å²) in [5, 5.41) is 3.96. The molecule has 4 rings (SSSR count). The maximum atomic E-state index is 13.1. The highest BCUT2D eigenvalue weighted by molar-refractivity contribution is 7.93. The number of rotatable bonds is 6. The fraction of sp³-hybridized carbons (Fsp3) is 0. The van der Waals surface area contributed by atoms with Gasteiger partial charge in [0.1, 0.15) is 22.2 Å². The number of nitrogens with zero attached hydrogens (tertiary/aromatic N) is 1. The van der Waals surface area contributed by atoms with Crippen molar-refractivity contribution in [3.05, 3.63) is 91.0 Å². The number of hydrogen-bond acceptors (Lipinski definition) is 5. The van der Waals surface area contributed by atoms with Gasteiger partial charge < -0.3 is 4.52 Å². The largest absolute Gasteiger partial charge is 0.344 e. The molecule has 1 N–H and O–H groups in total. The van der Waals surface area contributed by atoms with E-state index in [1.165, 1.54) is 12.1 Å². The van der Waals surface area contributed by atoms with Crippen molar-refractivity contribution in [3.63, 3.8) is 0 Å². The minimum atomic E-state index is -3.94.